The van der Waals surface area contributed by atoms with Gasteiger partial charge >= 0.3 is 11.9 Å². The molecule has 0 aliphatic heterocycles. The summed E-state index contributed by atoms with van der Waals surface area (Å²) in [5.74, 6) is -0.162. The molecule has 0 bridgehead atoms. The van der Waals surface area contributed by atoms with Gasteiger partial charge < -0.3 is 19.7 Å². The second kappa shape index (κ2) is 9.08. The van der Waals surface area contributed by atoms with Crippen LogP contribution < -0.4 is 0 Å². The van der Waals surface area contributed by atoms with Crippen molar-refractivity contribution < 1.29 is 29.3 Å². The number of hydrogen-bond donors (Lipinski definition) is 2. The standard InChI is InChI=1S/C31H44O6/c1-17(2)21-14-15-31(35)24-23-19(5)12-13-22(23)29(24,6)26(37-27(33)18(3)4)25(32)30(21,31)16-36-28(34)20-10-8-7-9-11-20/h7-11,17-19,21-26,32,35H,12-16H2,1-6H3/t19-,21-,22+,23-,24+,25+,26+,29-,30+,31+/m0/s1. The highest BCUT2D eigenvalue weighted by Gasteiger charge is 2.83. The highest BCUT2D eigenvalue weighted by molar-refractivity contribution is 5.89. The lowest BCUT2D eigenvalue weighted by Crippen LogP contribution is -2.81. The molecule has 204 valence electrons. The van der Waals surface area contributed by atoms with Gasteiger partial charge in [-0.3, -0.25) is 4.79 Å². The molecule has 0 aromatic heterocycles. The van der Waals surface area contributed by atoms with Crippen LogP contribution in [-0.4, -0.2) is 46.6 Å². The van der Waals surface area contributed by atoms with Crippen LogP contribution in [0.1, 0.15) is 77.6 Å². The van der Waals surface area contributed by atoms with Crippen LogP contribution in [0, 0.1) is 52.3 Å². The Morgan fingerprint density at radius 2 is 1.76 bits per heavy atom. The first kappa shape index (κ1) is 26.7. The smallest absolute Gasteiger partial charge is 0.338 e. The van der Waals surface area contributed by atoms with Crippen LogP contribution in [0.5, 0.6) is 0 Å². The van der Waals surface area contributed by atoms with Gasteiger partial charge in [0.2, 0.25) is 0 Å². The zero-order valence-corrected chi connectivity index (χ0v) is 23.1. The van der Waals surface area contributed by atoms with Crippen molar-refractivity contribution in [2.45, 2.75) is 85.0 Å². The van der Waals surface area contributed by atoms with Crippen LogP contribution in [0.2, 0.25) is 0 Å². The molecule has 0 saturated heterocycles. The minimum Gasteiger partial charge on any atom is -0.461 e. The van der Waals surface area contributed by atoms with Gasteiger partial charge in [-0.1, -0.05) is 66.2 Å². The van der Waals surface area contributed by atoms with Crippen molar-refractivity contribution in [2.24, 2.45) is 52.3 Å². The summed E-state index contributed by atoms with van der Waals surface area (Å²) in [5, 5.41) is 25.2. The fourth-order valence-electron chi connectivity index (χ4n) is 9.52. The number of aliphatic hydroxyl groups excluding tert-OH is 1. The first-order valence-corrected chi connectivity index (χ1v) is 14.2. The molecule has 0 amide bonds. The van der Waals surface area contributed by atoms with Gasteiger partial charge in [0, 0.05) is 11.3 Å². The molecular weight excluding hydrogens is 468 g/mol. The molecule has 10 atom stereocenters. The molecule has 1 aromatic rings. The highest BCUT2D eigenvalue weighted by atomic mass is 16.6. The van der Waals surface area contributed by atoms with E-state index < -0.39 is 34.6 Å². The number of fused-ring (bicyclic) bond motifs is 6. The third kappa shape index (κ3) is 3.50. The number of benzene rings is 1. The van der Waals surface area contributed by atoms with E-state index in [2.05, 4.69) is 27.7 Å². The van der Waals surface area contributed by atoms with E-state index in [-0.39, 0.29) is 36.2 Å². The summed E-state index contributed by atoms with van der Waals surface area (Å²) in [7, 11) is 0. The Labute approximate surface area is 221 Å². The Bertz CT molecular complexity index is 1040. The van der Waals surface area contributed by atoms with E-state index in [1.165, 1.54) is 0 Å². The Morgan fingerprint density at radius 1 is 1.08 bits per heavy atom. The molecule has 0 radical (unpaired) electrons. The van der Waals surface area contributed by atoms with Gasteiger partial charge in [0.05, 0.1) is 22.5 Å². The molecule has 0 unspecified atom stereocenters. The predicted octanol–water partition coefficient (Wildman–Crippen LogP) is 4.87. The predicted molar refractivity (Wildman–Crippen MR) is 139 cm³/mol. The van der Waals surface area contributed by atoms with Crippen molar-refractivity contribution in [2.75, 3.05) is 6.61 Å². The molecule has 1 aromatic carbocycles. The van der Waals surface area contributed by atoms with E-state index in [4.69, 9.17) is 9.47 Å². The summed E-state index contributed by atoms with van der Waals surface area (Å²) in [4.78, 5) is 26.1. The number of carbonyl (C=O) groups excluding carboxylic acids is 2. The maximum atomic E-state index is 13.1. The second-order valence-corrected chi connectivity index (χ2v) is 13.3. The van der Waals surface area contributed by atoms with Crippen LogP contribution >= 0.6 is 0 Å². The maximum Gasteiger partial charge on any atom is 0.338 e. The van der Waals surface area contributed by atoms with Crippen LogP contribution in [0.25, 0.3) is 0 Å². The van der Waals surface area contributed by atoms with Gasteiger partial charge in [0.15, 0.2) is 0 Å². The molecule has 5 rings (SSSR count). The molecule has 4 aliphatic rings. The summed E-state index contributed by atoms with van der Waals surface area (Å²) in [6, 6.07) is 8.83. The van der Waals surface area contributed by atoms with Crippen molar-refractivity contribution in [1.82, 2.24) is 0 Å². The SMILES string of the molecule is CC(C)C(=O)O[C@@H]1[C@@H](O)[C@@]2(COC(=O)c3ccccc3)[C@H](C(C)C)CC[C@@]2(O)[C@@H]2[C@@H]3[C@@H](CC[C@@H]3C)[C@]12C. The molecule has 6 nitrogen and oxygen atoms in total. The summed E-state index contributed by atoms with van der Waals surface area (Å²) >= 11 is 0. The third-order valence-corrected chi connectivity index (χ3v) is 11.1. The summed E-state index contributed by atoms with van der Waals surface area (Å²) in [5.41, 5.74) is -2.42. The fourth-order valence-corrected chi connectivity index (χ4v) is 9.52. The van der Waals surface area contributed by atoms with Crippen LogP contribution in [0.4, 0.5) is 0 Å². The molecule has 37 heavy (non-hydrogen) atoms. The normalized spacial score (nSPS) is 44.1. The van der Waals surface area contributed by atoms with Gasteiger partial charge in [-0.05, 0) is 61.0 Å². The number of carbonyl (C=O) groups is 2. The lowest BCUT2D eigenvalue weighted by Gasteiger charge is -2.73. The van der Waals surface area contributed by atoms with Crippen LogP contribution in [-0.2, 0) is 14.3 Å². The highest BCUT2D eigenvalue weighted by Crippen LogP contribution is 2.78. The summed E-state index contributed by atoms with van der Waals surface area (Å²) in [6.45, 7) is 12.1. The van der Waals surface area contributed by atoms with Crippen LogP contribution in [0.15, 0.2) is 30.3 Å². The quantitative estimate of drug-likeness (QED) is 0.529. The first-order valence-electron chi connectivity index (χ1n) is 14.2. The number of esters is 2. The van der Waals surface area contributed by atoms with Crippen molar-refractivity contribution >= 4 is 11.9 Å². The maximum absolute atomic E-state index is 13.1. The zero-order chi connectivity index (χ0) is 26.9. The minimum atomic E-state index is -1.21. The van der Waals surface area contributed by atoms with Crippen LogP contribution in [0.3, 0.4) is 0 Å². The monoisotopic (exact) mass is 512 g/mol. The number of hydrogen-bond acceptors (Lipinski definition) is 6. The fraction of sp³-hybridized carbons (Fsp3) is 0.742. The number of aliphatic hydroxyl groups is 2. The van der Waals surface area contributed by atoms with E-state index in [9.17, 15) is 19.8 Å². The van der Waals surface area contributed by atoms with Gasteiger partial charge in [0.1, 0.15) is 18.8 Å². The van der Waals surface area contributed by atoms with Crippen molar-refractivity contribution in [3.63, 3.8) is 0 Å². The average Bonchev–Trinajstić information content (AvgIpc) is 3.35. The van der Waals surface area contributed by atoms with Gasteiger partial charge in [0.25, 0.3) is 0 Å². The van der Waals surface area contributed by atoms with E-state index in [1.807, 2.05) is 6.07 Å². The summed E-state index contributed by atoms with van der Waals surface area (Å²) in [6.07, 6.45) is 1.47. The Kier molecular flexibility index (Phi) is 6.55. The van der Waals surface area contributed by atoms with Crippen molar-refractivity contribution in [3.8, 4) is 0 Å². The topological polar surface area (TPSA) is 93.1 Å². The van der Waals surface area contributed by atoms with E-state index in [1.54, 1.807) is 38.1 Å². The lowest BCUT2D eigenvalue weighted by molar-refractivity contribution is -0.357. The molecule has 4 fully saturated rings. The molecule has 4 aliphatic carbocycles. The molecular formula is C31H44O6. The van der Waals surface area contributed by atoms with E-state index in [0.29, 0.717) is 29.7 Å². The average molecular weight is 513 g/mol. The molecule has 2 N–H and O–H groups in total. The first-order chi connectivity index (χ1) is 17.4. The lowest BCUT2D eigenvalue weighted by atomic mass is 9.33. The number of rotatable bonds is 6. The Balaban J connectivity index is 1.61. The molecule has 0 spiro atoms. The third-order valence-electron chi connectivity index (χ3n) is 11.1. The minimum absolute atomic E-state index is 0.0864. The Morgan fingerprint density at radius 3 is 2.38 bits per heavy atom. The van der Waals surface area contributed by atoms with E-state index >= 15 is 0 Å². The van der Waals surface area contributed by atoms with Crippen molar-refractivity contribution in [1.29, 1.82) is 0 Å². The molecule has 6 heteroatoms. The summed E-state index contributed by atoms with van der Waals surface area (Å²) < 4.78 is 12.2. The van der Waals surface area contributed by atoms with Gasteiger partial charge in [-0.15, -0.1) is 0 Å². The second-order valence-electron chi connectivity index (χ2n) is 13.3. The van der Waals surface area contributed by atoms with E-state index in [0.717, 1.165) is 19.3 Å². The zero-order valence-electron chi connectivity index (χ0n) is 23.1. The van der Waals surface area contributed by atoms with Gasteiger partial charge in [-0.25, -0.2) is 4.79 Å². The van der Waals surface area contributed by atoms with Crippen molar-refractivity contribution in [3.05, 3.63) is 35.9 Å². The number of ether oxygens (including phenoxy) is 2. The Hall–Kier alpha value is -1.92. The molecule has 0 heterocycles. The van der Waals surface area contributed by atoms with Gasteiger partial charge in [-0.2, -0.15) is 0 Å². The largest absolute Gasteiger partial charge is 0.461 e. The molecule has 4 saturated carbocycles.